The summed E-state index contributed by atoms with van der Waals surface area (Å²) in [6, 6.07) is 3.62. The SMILES string of the molecule is Cc1ccc(NC(=O)CCCn2cnc3c2c(=O)n(C)c(=O)n3C)cc1C(F)(F)F. The van der Waals surface area contributed by atoms with Crippen LogP contribution in [0.2, 0.25) is 0 Å². The summed E-state index contributed by atoms with van der Waals surface area (Å²) in [4.78, 5) is 40.6. The second kappa shape index (κ2) is 7.81. The molecule has 2 aromatic heterocycles. The van der Waals surface area contributed by atoms with Crippen molar-refractivity contribution in [3.8, 4) is 0 Å². The lowest BCUT2D eigenvalue weighted by Gasteiger charge is -2.13. The first-order valence-corrected chi connectivity index (χ1v) is 9.09. The van der Waals surface area contributed by atoms with Crippen molar-refractivity contribution in [2.24, 2.45) is 14.1 Å². The number of amides is 1. The first kappa shape index (κ1) is 21.3. The highest BCUT2D eigenvalue weighted by Crippen LogP contribution is 2.33. The molecule has 8 nitrogen and oxygen atoms in total. The van der Waals surface area contributed by atoms with Crippen molar-refractivity contribution in [1.29, 1.82) is 0 Å². The van der Waals surface area contributed by atoms with Gasteiger partial charge in [-0.05, 0) is 31.0 Å². The molecule has 0 radical (unpaired) electrons. The van der Waals surface area contributed by atoms with Gasteiger partial charge in [-0.3, -0.25) is 18.7 Å². The van der Waals surface area contributed by atoms with Gasteiger partial charge in [-0.1, -0.05) is 6.07 Å². The van der Waals surface area contributed by atoms with E-state index in [0.717, 1.165) is 10.6 Å². The highest BCUT2D eigenvalue weighted by atomic mass is 19.4. The van der Waals surface area contributed by atoms with E-state index in [4.69, 9.17) is 0 Å². The molecule has 0 spiro atoms. The highest BCUT2D eigenvalue weighted by Gasteiger charge is 2.32. The van der Waals surface area contributed by atoms with Gasteiger partial charge in [0.1, 0.15) is 0 Å². The third-order valence-electron chi connectivity index (χ3n) is 4.85. The number of imidazole rings is 1. The Morgan fingerprint density at radius 1 is 1.17 bits per heavy atom. The quantitative estimate of drug-likeness (QED) is 0.681. The molecule has 1 aromatic carbocycles. The average Bonchev–Trinajstić information content (AvgIpc) is 3.09. The normalized spacial score (nSPS) is 11.8. The van der Waals surface area contributed by atoms with E-state index in [1.165, 1.54) is 44.0 Å². The molecule has 0 aliphatic rings. The number of nitrogens with one attached hydrogen (secondary N) is 1. The zero-order valence-electron chi connectivity index (χ0n) is 16.6. The zero-order valence-corrected chi connectivity index (χ0v) is 16.6. The van der Waals surface area contributed by atoms with Crippen molar-refractivity contribution < 1.29 is 18.0 Å². The van der Waals surface area contributed by atoms with E-state index < -0.39 is 28.9 Å². The Bertz CT molecular complexity index is 1240. The number of aryl methyl sites for hydroxylation is 3. The molecule has 0 aliphatic carbocycles. The molecular formula is C19H20F3N5O3. The summed E-state index contributed by atoms with van der Waals surface area (Å²) in [7, 11) is 2.87. The number of hydrogen-bond donors (Lipinski definition) is 1. The minimum Gasteiger partial charge on any atom is -0.326 e. The molecule has 0 aliphatic heterocycles. The predicted octanol–water partition coefficient (Wildman–Crippen LogP) is 2.18. The molecule has 1 N–H and O–H groups in total. The van der Waals surface area contributed by atoms with Gasteiger partial charge in [0, 0.05) is 32.7 Å². The number of carbonyl (C=O) groups excluding carboxylic acids is 1. The van der Waals surface area contributed by atoms with E-state index >= 15 is 0 Å². The fourth-order valence-corrected chi connectivity index (χ4v) is 3.21. The maximum absolute atomic E-state index is 13.0. The Balaban J connectivity index is 1.69. The number of hydrogen-bond acceptors (Lipinski definition) is 4. The number of rotatable bonds is 5. The maximum Gasteiger partial charge on any atom is 0.416 e. The number of nitrogens with zero attached hydrogens (tertiary/aromatic N) is 4. The summed E-state index contributed by atoms with van der Waals surface area (Å²) >= 11 is 0. The molecule has 0 saturated heterocycles. The number of carbonyl (C=O) groups is 1. The lowest BCUT2D eigenvalue weighted by atomic mass is 10.1. The lowest BCUT2D eigenvalue weighted by Crippen LogP contribution is -2.37. The van der Waals surface area contributed by atoms with Gasteiger partial charge in [0.05, 0.1) is 11.9 Å². The number of halogens is 3. The van der Waals surface area contributed by atoms with Crippen LogP contribution < -0.4 is 16.6 Å². The van der Waals surface area contributed by atoms with Crippen LogP contribution in [0.5, 0.6) is 0 Å². The van der Waals surface area contributed by atoms with Crippen LogP contribution in [-0.2, 0) is 31.6 Å². The number of fused-ring (bicyclic) bond motifs is 1. The van der Waals surface area contributed by atoms with Gasteiger partial charge in [0.15, 0.2) is 11.2 Å². The van der Waals surface area contributed by atoms with Crippen LogP contribution >= 0.6 is 0 Å². The van der Waals surface area contributed by atoms with Gasteiger partial charge < -0.3 is 9.88 Å². The minimum atomic E-state index is -4.50. The Morgan fingerprint density at radius 3 is 2.53 bits per heavy atom. The van der Waals surface area contributed by atoms with Crippen LogP contribution in [0.25, 0.3) is 11.2 Å². The molecule has 0 fully saturated rings. The largest absolute Gasteiger partial charge is 0.416 e. The number of alkyl halides is 3. The molecule has 160 valence electrons. The second-order valence-corrected chi connectivity index (χ2v) is 7.00. The lowest BCUT2D eigenvalue weighted by molar-refractivity contribution is -0.138. The summed E-state index contributed by atoms with van der Waals surface area (Å²) < 4.78 is 42.8. The van der Waals surface area contributed by atoms with Crippen LogP contribution in [-0.4, -0.2) is 24.6 Å². The van der Waals surface area contributed by atoms with Crippen molar-refractivity contribution >= 4 is 22.8 Å². The molecule has 1 amide bonds. The standard InChI is InChI=1S/C19H20F3N5O3/c1-11-6-7-12(9-13(11)19(20,21)22)24-14(28)5-4-8-27-10-23-16-15(27)17(29)26(3)18(30)25(16)2/h6-7,9-10H,4-5,8H2,1-3H3,(H,24,28). The molecule has 0 saturated carbocycles. The van der Waals surface area contributed by atoms with Crippen molar-refractivity contribution in [2.75, 3.05) is 5.32 Å². The Hall–Kier alpha value is -3.37. The van der Waals surface area contributed by atoms with E-state index in [1.54, 1.807) is 4.57 Å². The molecule has 11 heteroatoms. The third kappa shape index (κ3) is 4.00. The zero-order chi connectivity index (χ0) is 22.2. The second-order valence-electron chi connectivity index (χ2n) is 7.00. The minimum absolute atomic E-state index is 0.0288. The van der Waals surface area contributed by atoms with Gasteiger partial charge in [-0.15, -0.1) is 0 Å². The van der Waals surface area contributed by atoms with Crippen LogP contribution in [0.15, 0.2) is 34.1 Å². The monoisotopic (exact) mass is 423 g/mol. The Labute approximate surface area is 168 Å². The van der Waals surface area contributed by atoms with Crippen molar-refractivity contribution in [2.45, 2.75) is 32.5 Å². The van der Waals surface area contributed by atoms with Crippen LogP contribution in [0.3, 0.4) is 0 Å². The summed E-state index contributed by atoms with van der Waals surface area (Å²) in [6.07, 6.45) is -2.74. The molecule has 3 aromatic rings. The summed E-state index contributed by atoms with van der Waals surface area (Å²) in [5.74, 6) is -0.447. The molecule has 0 unspecified atom stereocenters. The van der Waals surface area contributed by atoms with Crippen molar-refractivity contribution in [1.82, 2.24) is 18.7 Å². The average molecular weight is 423 g/mol. The summed E-state index contributed by atoms with van der Waals surface area (Å²) in [5, 5.41) is 2.46. The van der Waals surface area contributed by atoms with Crippen LogP contribution in [0.1, 0.15) is 24.0 Å². The first-order valence-electron chi connectivity index (χ1n) is 9.09. The smallest absolute Gasteiger partial charge is 0.326 e. The highest BCUT2D eigenvalue weighted by molar-refractivity contribution is 5.90. The maximum atomic E-state index is 13.0. The van der Waals surface area contributed by atoms with E-state index in [9.17, 15) is 27.6 Å². The van der Waals surface area contributed by atoms with Gasteiger partial charge in [-0.2, -0.15) is 13.2 Å². The van der Waals surface area contributed by atoms with Gasteiger partial charge in [0.2, 0.25) is 5.91 Å². The van der Waals surface area contributed by atoms with Gasteiger partial charge in [-0.25, -0.2) is 9.78 Å². The molecule has 30 heavy (non-hydrogen) atoms. The fourth-order valence-electron chi connectivity index (χ4n) is 3.21. The van der Waals surface area contributed by atoms with Crippen LogP contribution in [0.4, 0.5) is 18.9 Å². The Kier molecular flexibility index (Phi) is 5.55. The van der Waals surface area contributed by atoms with E-state index in [1.807, 2.05) is 0 Å². The van der Waals surface area contributed by atoms with Gasteiger partial charge in [0.25, 0.3) is 5.56 Å². The van der Waals surface area contributed by atoms with Crippen molar-refractivity contribution in [3.05, 3.63) is 56.5 Å². The topological polar surface area (TPSA) is 90.9 Å². The predicted molar refractivity (Wildman–Crippen MR) is 104 cm³/mol. The van der Waals surface area contributed by atoms with Crippen molar-refractivity contribution in [3.63, 3.8) is 0 Å². The summed E-state index contributed by atoms with van der Waals surface area (Å²) in [5.41, 5.74) is -1.16. The number of anilines is 1. The third-order valence-corrected chi connectivity index (χ3v) is 4.85. The molecule has 3 rings (SSSR count). The Morgan fingerprint density at radius 2 is 1.87 bits per heavy atom. The molecular weight excluding hydrogens is 403 g/mol. The van der Waals surface area contributed by atoms with E-state index in [0.29, 0.717) is 6.42 Å². The number of benzene rings is 1. The van der Waals surface area contributed by atoms with E-state index in [-0.39, 0.29) is 35.4 Å². The molecule has 0 atom stereocenters. The van der Waals surface area contributed by atoms with Gasteiger partial charge >= 0.3 is 11.9 Å². The fraction of sp³-hybridized carbons (Fsp3) is 0.368. The number of aromatic nitrogens is 4. The molecule has 0 bridgehead atoms. The summed E-state index contributed by atoms with van der Waals surface area (Å²) in [6.45, 7) is 1.63. The first-order chi connectivity index (χ1) is 14.0. The van der Waals surface area contributed by atoms with Crippen LogP contribution in [0, 0.1) is 6.92 Å². The molecule has 2 heterocycles. The van der Waals surface area contributed by atoms with E-state index in [2.05, 4.69) is 10.3 Å².